The van der Waals surface area contributed by atoms with Crippen LogP contribution in [0.3, 0.4) is 0 Å². The molecule has 6 rings (SSSR count). The molecule has 5 aromatic rings. The molecule has 4 aromatic heterocycles. The Kier molecular flexibility index (Phi) is 5.57. The van der Waals surface area contributed by atoms with Crippen molar-refractivity contribution in [2.75, 3.05) is 18.4 Å². The van der Waals surface area contributed by atoms with Crippen LogP contribution >= 0.6 is 0 Å². The summed E-state index contributed by atoms with van der Waals surface area (Å²) in [6.45, 7) is 11.4. The summed E-state index contributed by atoms with van der Waals surface area (Å²) in [5, 5.41) is 7.52. The number of hydrogen-bond acceptors (Lipinski definition) is 8. The van der Waals surface area contributed by atoms with Gasteiger partial charge in [-0.1, -0.05) is 19.2 Å². The Morgan fingerprint density at radius 2 is 2.00 bits per heavy atom. The SMILES string of the molecule is C=CC(=C)N1CC=C(c2ccc3ncnc(Nc4ccc(Oc5ccn6ncnc6c5)c(C)c4)c3n2)C1. The number of nitrogens with zero attached hydrogens (tertiary/aromatic N) is 7. The second-order valence-electron chi connectivity index (χ2n) is 8.72. The topological polar surface area (TPSA) is 93.4 Å². The van der Waals surface area contributed by atoms with Crippen molar-refractivity contribution in [3.05, 3.63) is 104 Å². The Morgan fingerprint density at radius 3 is 2.86 bits per heavy atom. The maximum Gasteiger partial charge on any atom is 0.160 e. The van der Waals surface area contributed by atoms with Crippen LogP contribution in [0.2, 0.25) is 0 Å². The van der Waals surface area contributed by atoms with Crippen LogP contribution in [0, 0.1) is 6.92 Å². The van der Waals surface area contributed by atoms with Gasteiger partial charge in [0.25, 0.3) is 0 Å². The highest BCUT2D eigenvalue weighted by Crippen LogP contribution is 2.30. The molecule has 182 valence electrons. The number of aryl methyl sites for hydroxylation is 1. The number of nitrogens with one attached hydrogen (secondary N) is 1. The number of ether oxygens (including phenoxy) is 1. The number of benzene rings is 1. The van der Waals surface area contributed by atoms with E-state index < -0.39 is 0 Å². The number of hydrogen-bond donors (Lipinski definition) is 1. The largest absolute Gasteiger partial charge is 0.457 e. The van der Waals surface area contributed by atoms with E-state index in [0.717, 1.165) is 58.2 Å². The molecule has 37 heavy (non-hydrogen) atoms. The zero-order chi connectivity index (χ0) is 25.4. The molecule has 1 aliphatic heterocycles. The van der Waals surface area contributed by atoms with Crippen molar-refractivity contribution < 1.29 is 4.74 Å². The third-order valence-corrected chi connectivity index (χ3v) is 6.29. The van der Waals surface area contributed by atoms with Gasteiger partial charge in [0.1, 0.15) is 29.7 Å². The standard InChI is InChI=1S/C28H24N8O/c1-4-19(3)35-11-9-20(15-35)23-6-7-24-27(34-23)28(31-16-29-24)33-21-5-8-25(18(2)13-21)37-22-10-12-36-26(14-22)30-17-32-36/h4-10,12-14,16-17H,1,3,11,15H2,2H3,(H,29,31,33). The van der Waals surface area contributed by atoms with Crippen molar-refractivity contribution >= 4 is 33.8 Å². The Labute approximate surface area is 213 Å². The van der Waals surface area contributed by atoms with E-state index in [2.05, 4.69) is 49.5 Å². The predicted octanol–water partition coefficient (Wildman–Crippen LogP) is 5.31. The Bertz CT molecular complexity index is 1700. The zero-order valence-corrected chi connectivity index (χ0v) is 20.3. The van der Waals surface area contributed by atoms with E-state index in [4.69, 9.17) is 9.72 Å². The van der Waals surface area contributed by atoms with E-state index in [1.54, 1.807) is 16.9 Å². The molecule has 0 radical (unpaired) electrons. The minimum atomic E-state index is 0.642. The van der Waals surface area contributed by atoms with Crippen LogP contribution in [-0.4, -0.2) is 47.5 Å². The summed E-state index contributed by atoms with van der Waals surface area (Å²) < 4.78 is 7.79. The third kappa shape index (κ3) is 4.38. The molecule has 0 saturated heterocycles. The van der Waals surface area contributed by atoms with Crippen LogP contribution in [0.15, 0.2) is 92.3 Å². The highest BCUT2D eigenvalue weighted by Gasteiger charge is 2.18. The number of pyridine rings is 2. The van der Waals surface area contributed by atoms with Gasteiger partial charge in [0.2, 0.25) is 0 Å². The molecular weight excluding hydrogens is 464 g/mol. The summed E-state index contributed by atoms with van der Waals surface area (Å²) in [5.74, 6) is 2.09. The fraction of sp³-hybridized carbons (Fsp3) is 0.107. The maximum absolute atomic E-state index is 6.10. The molecule has 0 atom stereocenters. The van der Waals surface area contributed by atoms with Gasteiger partial charge < -0.3 is 15.0 Å². The molecule has 0 saturated carbocycles. The van der Waals surface area contributed by atoms with Crippen LogP contribution in [0.25, 0.3) is 22.3 Å². The third-order valence-electron chi connectivity index (χ3n) is 6.29. The molecule has 9 heteroatoms. The lowest BCUT2D eigenvalue weighted by molar-refractivity contribution is 0.464. The van der Waals surface area contributed by atoms with Crippen LogP contribution in [-0.2, 0) is 0 Å². The van der Waals surface area contributed by atoms with Gasteiger partial charge in [0, 0.05) is 36.7 Å². The molecule has 5 heterocycles. The number of fused-ring (bicyclic) bond motifs is 2. The summed E-state index contributed by atoms with van der Waals surface area (Å²) in [7, 11) is 0. The van der Waals surface area contributed by atoms with Gasteiger partial charge in [0.05, 0.1) is 11.2 Å². The lowest BCUT2D eigenvalue weighted by atomic mass is 10.1. The second kappa shape index (κ2) is 9.19. The summed E-state index contributed by atoms with van der Waals surface area (Å²) in [5.41, 5.74) is 6.99. The van der Waals surface area contributed by atoms with E-state index in [-0.39, 0.29) is 0 Å². The average Bonchev–Trinajstić information content (AvgIpc) is 3.60. The van der Waals surface area contributed by atoms with E-state index in [1.165, 1.54) is 6.33 Å². The molecule has 0 aliphatic carbocycles. The predicted molar refractivity (Wildman–Crippen MR) is 144 cm³/mol. The molecule has 0 fully saturated rings. The van der Waals surface area contributed by atoms with Gasteiger partial charge in [-0.25, -0.2) is 24.5 Å². The van der Waals surface area contributed by atoms with Gasteiger partial charge in [-0.05, 0) is 60.5 Å². The highest BCUT2D eigenvalue weighted by atomic mass is 16.5. The number of rotatable bonds is 7. The first-order valence-electron chi connectivity index (χ1n) is 11.8. The van der Waals surface area contributed by atoms with Crippen molar-refractivity contribution in [3.8, 4) is 11.5 Å². The van der Waals surface area contributed by atoms with Crippen LogP contribution in [0.5, 0.6) is 11.5 Å². The normalized spacial score (nSPS) is 13.1. The van der Waals surface area contributed by atoms with Gasteiger partial charge in [-0.3, -0.25) is 0 Å². The van der Waals surface area contributed by atoms with Gasteiger partial charge in [-0.15, -0.1) is 0 Å². The smallest absolute Gasteiger partial charge is 0.160 e. The van der Waals surface area contributed by atoms with Gasteiger partial charge in [-0.2, -0.15) is 5.10 Å². The van der Waals surface area contributed by atoms with Crippen molar-refractivity contribution in [3.63, 3.8) is 0 Å². The Morgan fingerprint density at radius 1 is 1.08 bits per heavy atom. The van der Waals surface area contributed by atoms with Crippen molar-refractivity contribution in [2.24, 2.45) is 0 Å². The second-order valence-corrected chi connectivity index (χ2v) is 8.72. The average molecular weight is 489 g/mol. The minimum absolute atomic E-state index is 0.642. The van der Waals surface area contributed by atoms with Crippen molar-refractivity contribution in [1.82, 2.24) is 34.4 Å². The molecule has 0 amide bonds. The van der Waals surface area contributed by atoms with E-state index in [1.807, 2.05) is 55.6 Å². The van der Waals surface area contributed by atoms with Crippen LogP contribution < -0.4 is 10.1 Å². The van der Waals surface area contributed by atoms with Crippen LogP contribution in [0.1, 0.15) is 11.3 Å². The van der Waals surface area contributed by atoms with E-state index in [0.29, 0.717) is 17.1 Å². The minimum Gasteiger partial charge on any atom is -0.457 e. The summed E-state index contributed by atoms with van der Waals surface area (Å²) >= 11 is 0. The van der Waals surface area contributed by atoms with Crippen LogP contribution in [0.4, 0.5) is 11.5 Å². The molecule has 0 unspecified atom stereocenters. The number of anilines is 2. The molecule has 1 aliphatic rings. The number of allylic oxidation sites excluding steroid dienone is 1. The summed E-state index contributed by atoms with van der Waals surface area (Å²) in [4.78, 5) is 20.2. The van der Waals surface area contributed by atoms with Gasteiger partial charge in [0.15, 0.2) is 11.5 Å². The first-order chi connectivity index (χ1) is 18.1. The molecule has 1 N–H and O–H groups in total. The number of aromatic nitrogens is 6. The van der Waals surface area contributed by atoms with Crippen molar-refractivity contribution in [2.45, 2.75) is 6.92 Å². The molecular formula is C28H24N8O. The molecule has 1 aromatic carbocycles. The Hall–Kier alpha value is -5.05. The molecule has 0 spiro atoms. The van der Waals surface area contributed by atoms with Gasteiger partial charge >= 0.3 is 0 Å². The Balaban J connectivity index is 1.24. The fourth-order valence-electron chi connectivity index (χ4n) is 4.26. The first kappa shape index (κ1) is 22.4. The van der Waals surface area contributed by atoms with E-state index in [9.17, 15) is 0 Å². The zero-order valence-electron chi connectivity index (χ0n) is 20.3. The highest BCUT2D eigenvalue weighted by molar-refractivity contribution is 5.88. The lowest BCUT2D eigenvalue weighted by Crippen LogP contribution is -2.18. The summed E-state index contributed by atoms with van der Waals surface area (Å²) in [6.07, 6.45) is 8.82. The monoisotopic (exact) mass is 488 g/mol. The quantitative estimate of drug-likeness (QED) is 0.308. The lowest BCUT2D eigenvalue weighted by Gasteiger charge is -2.18. The molecule has 9 nitrogen and oxygen atoms in total. The molecule has 0 bridgehead atoms. The maximum atomic E-state index is 6.10. The first-order valence-corrected chi connectivity index (χ1v) is 11.8. The summed E-state index contributed by atoms with van der Waals surface area (Å²) in [6, 6.07) is 13.6. The fourth-order valence-corrected chi connectivity index (χ4v) is 4.26. The van der Waals surface area contributed by atoms with Crippen molar-refractivity contribution in [1.29, 1.82) is 0 Å². The van der Waals surface area contributed by atoms with E-state index >= 15 is 0 Å².